The van der Waals surface area contributed by atoms with Gasteiger partial charge in [-0.15, -0.1) is 11.3 Å². The van der Waals surface area contributed by atoms with Crippen LogP contribution < -0.4 is 16.0 Å². The van der Waals surface area contributed by atoms with Gasteiger partial charge in [0.15, 0.2) is 0 Å². The minimum Gasteiger partial charge on any atom is -0.322 e. The van der Waals surface area contributed by atoms with E-state index in [9.17, 15) is 14.4 Å². The first-order valence-corrected chi connectivity index (χ1v) is 10.7. The Kier molecular flexibility index (Phi) is 6.38. The number of rotatable bonds is 6. The second kappa shape index (κ2) is 9.72. The van der Waals surface area contributed by atoms with E-state index in [4.69, 9.17) is 0 Å². The van der Waals surface area contributed by atoms with Crippen LogP contribution in [-0.4, -0.2) is 17.7 Å². The van der Waals surface area contributed by atoms with E-state index < -0.39 is 0 Å². The van der Waals surface area contributed by atoms with E-state index in [1.54, 1.807) is 78.9 Å². The number of nitrogens with one attached hydrogen (secondary N) is 3. The smallest absolute Gasteiger partial charge is 0.265 e. The Morgan fingerprint density at radius 3 is 1.47 bits per heavy atom. The van der Waals surface area contributed by atoms with E-state index in [-0.39, 0.29) is 17.7 Å². The molecule has 0 saturated heterocycles. The molecule has 0 saturated carbocycles. The maximum absolute atomic E-state index is 12.5. The van der Waals surface area contributed by atoms with Crippen molar-refractivity contribution in [1.29, 1.82) is 0 Å². The number of thiophene rings is 1. The van der Waals surface area contributed by atoms with Crippen molar-refractivity contribution < 1.29 is 14.4 Å². The van der Waals surface area contributed by atoms with Crippen molar-refractivity contribution in [2.75, 3.05) is 16.0 Å². The molecule has 0 atom stereocenters. The lowest BCUT2D eigenvalue weighted by Crippen LogP contribution is -2.14. The highest BCUT2D eigenvalue weighted by molar-refractivity contribution is 7.12. The van der Waals surface area contributed by atoms with E-state index in [0.29, 0.717) is 33.1 Å². The predicted octanol–water partition coefficient (Wildman–Crippen LogP) is 5.51. The van der Waals surface area contributed by atoms with Crippen LogP contribution in [0.2, 0.25) is 0 Å². The monoisotopic (exact) mass is 441 g/mol. The first-order chi connectivity index (χ1) is 15.6. The molecule has 0 radical (unpaired) electrons. The van der Waals surface area contributed by atoms with Crippen molar-refractivity contribution in [2.24, 2.45) is 0 Å². The molecule has 6 nitrogen and oxygen atoms in total. The molecule has 3 amide bonds. The molecule has 0 fully saturated rings. The van der Waals surface area contributed by atoms with Crippen LogP contribution in [0.25, 0.3) is 0 Å². The maximum atomic E-state index is 12.5. The maximum Gasteiger partial charge on any atom is 0.265 e. The first kappa shape index (κ1) is 21.0. The molecule has 1 aromatic heterocycles. The van der Waals surface area contributed by atoms with Crippen LogP contribution >= 0.6 is 11.3 Å². The number of amides is 3. The summed E-state index contributed by atoms with van der Waals surface area (Å²) < 4.78 is 0. The highest BCUT2D eigenvalue weighted by Gasteiger charge is 2.10. The second-order valence-electron chi connectivity index (χ2n) is 6.86. The molecule has 4 rings (SSSR count). The molecule has 0 aliphatic carbocycles. The normalized spacial score (nSPS) is 10.2. The highest BCUT2D eigenvalue weighted by Crippen LogP contribution is 2.18. The third kappa shape index (κ3) is 5.27. The van der Waals surface area contributed by atoms with E-state index in [2.05, 4.69) is 16.0 Å². The molecule has 3 aromatic carbocycles. The summed E-state index contributed by atoms with van der Waals surface area (Å²) in [6, 6.07) is 26.0. The van der Waals surface area contributed by atoms with Crippen molar-refractivity contribution in [3.05, 3.63) is 112 Å². The molecule has 1 heterocycles. The van der Waals surface area contributed by atoms with E-state index in [1.807, 2.05) is 17.5 Å². The molecule has 4 aromatic rings. The van der Waals surface area contributed by atoms with Crippen molar-refractivity contribution in [1.82, 2.24) is 0 Å². The molecule has 32 heavy (non-hydrogen) atoms. The fourth-order valence-electron chi connectivity index (χ4n) is 2.94. The number of hydrogen-bond donors (Lipinski definition) is 3. The predicted molar refractivity (Wildman–Crippen MR) is 128 cm³/mol. The first-order valence-electron chi connectivity index (χ1n) is 9.81. The molecule has 0 aliphatic rings. The van der Waals surface area contributed by atoms with Gasteiger partial charge in [-0.05, 0) is 72.1 Å². The standard InChI is InChI=1S/C25H19N3O3S/c29-23(17-5-2-1-3-6-17)26-19-10-8-18(9-11-19)24(30)27-20-12-14-21(15-13-20)28-25(31)22-7-4-16-32-22/h1-16H,(H,26,29)(H,27,30)(H,28,31). The zero-order valence-corrected chi connectivity index (χ0v) is 17.7. The molecule has 158 valence electrons. The number of carbonyl (C=O) groups excluding carboxylic acids is 3. The second-order valence-corrected chi connectivity index (χ2v) is 7.81. The number of anilines is 3. The fourth-order valence-corrected chi connectivity index (χ4v) is 3.56. The Morgan fingerprint density at radius 1 is 0.500 bits per heavy atom. The summed E-state index contributed by atoms with van der Waals surface area (Å²) in [5, 5.41) is 10.3. The average Bonchev–Trinajstić information content (AvgIpc) is 3.37. The number of benzene rings is 3. The summed E-state index contributed by atoms with van der Waals surface area (Å²) in [6.45, 7) is 0. The van der Waals surface area contributed by atoms with Crippen LogP contribution in [0.5, 0.6) is 0 Å². The molecule has 0 aliphatic heterocycles. The Hall–Kier alpha value is -4.23. The van der Waals surface area contributed by atoms with E-state index in [0.717, 1.165) is 0 Å². The van der Waals surface area contributed by atoms with Crippen LogP contribution in [0.4, 0.5) is 17.1 Å². The van der Waals surface area contributed by atoms with Gasteiger partial charge >= 0.3 is 0 Å². The number of hydrogen-bond acceptors (Lipinski definition) is 4. The highest BCUT2D eigenvalue weighted by atomic mass is 32.1. The van der Waals surface area contributed by atoms with E-state index in [1.165, 1.54) is 11.3 Å². The summed E-state index contributed by atoms with van der Waals surface area (Å²) >= 11 is 1.37. The van der Waals surface area contributed by atoms with Crippen molar-refractivity contribution in [3.8, 4) is 0 Å². The molecule has 0 bridgehead atoms. The van der Waals surface area contributed by atoms with Crippen LogP contribution in [0.15, 0.2) is 96.4 Å². The topological polar surface area (TPSA) is 87.3 Å². The van der Waals surface area contributed by atoms with Crippen LogP contribution in [0.1, 0.15) is 30.4 Å². The average molecular weight is 442 g/mol. The van der Waals surface area contributed by atoms with E-state index >= 15 is 0 Å². The van der Waals surface area contributed by atoms with Crippen LogP contribution in [0, 0.1) is 0 Å². The van der Waals surface area contributed by atoms with Gasteiger partial charge in [-0.2, -0.15) is 0 Å². The van der Waals surface area contributed by atoms with Gasteiger partial charge in [-0.3, -0.25) is 14.4 Å². The molecular formula is C25H19N3O3S. The van der Waals surface area contributed by atoms with Gasteiger partial charge < -0.3 is 16.0 Å². The zero-order valence-electron chi connectivity index (χ0n) is 16.9. The lowest BCUT2D eigenvalue weighted by molar-refractivity contribution is 0.102. The van der Waals surface area contributed by atoms with Crippen molar-refractivity contribution >= 4 is 46.1 Å². The summed E-state index contributed by atoms with van der Waals surface area (Å²) in [6.07, 6.45) is 0. The summed E-state index contributed by atoms with van der Waals surface area (Å²) in [7, 11) is 0. The Labute approximate surface area is 188 Å². The van der Waals surface area contributed by atoms with Gasteiger partial charge in [0.1, 0.15) is 0 Å². The van der Waals surface area contributed by atoms with Crippen LogP contribution in [0.3, 0.4) is 0 Å². The van der Waals surface area contributed by atoms with Crippen LogP contribution in [-0.2, 0) is 0 Å². The minimum absolute atomic E-state index is 0.170. The van der Waals surface area contributed by atoms with Gasteiger partial charge in [0.05, 0.1) is 4.88 Å². The molecule has 7 heteroatoms. The van der Waals surface area contributed by atoms with Gasteiger partial charge in [0, 0.05) is 28.2 Å². The zero-order chi connectivity index (χ0) is 22.3. The largest absolute Gasteiger partial charge is 0.322 e. The minimum atomic E-state index is -0.277. The Bertz CT molecular complexity index is 1220. The Morgan fingerprint density at radius 2 is 0.969 bits per heavy atom. The molecular weight excluding hydrogens is 422 g/mol. The van der Waals surface area contributed by atoms with Crippen molar-refractivity contribution in [2.45, 2.75) is 0 Å². The third-order valence-corrected chi connectivity index (χ3v) is 5.46. The van der Waals surface area contributed by atoms with Gasteiger partial charge in [-0.25, -0.2) is 0 Å². The molecule has 3 N–H and O–H groups in total. The van der Waals surface area contributed by atoms with Gasteiger partial charge in [0.2, 0.25) is 0 Å². The summed E-state index contributed by atoms with van der Waals surface area (Å²) in [4.78, 5) is 37.5. The van der Waals surface area contributed by atoms with Crippen molar-refractivity contribution in [3.63, 3.8) is 0 Å². The molecule has 0 unspecified atom stereocenters. The quantitative estimate of drug-likeness (QED) is 0.369. The molecule has 0 spiro atoms. The summed E-state index contributed by atoms with van der Waals surface area (Å²) in [5.74, 6) is -0.661. The number of carbonyl (C=O) groups is 3. The fraction of sp³-hybridized carbons (Fsp3) is 0. The SMILES string of the molecule is O=C(Nc1ccc(C(=O)Nc2ccc(NC(=O)c3cccs3)cc2)cc1)c1ccccc1. The lowest BCUT2D eigenvalue weighted by Gasteiger charge is -2.09. The summed E-state index contributed by atoms with van der Waals surface area (Å²) in [5.41, 5.74) is 2.86. The van der Waals surface area contributed by atoms with Gasteiger partial charge in [0.25, 0.3) is 17.7 Å². The Balaban J connectivity index is 1.33. The third-order valence-electron chi connectivity index (χ3n) is 4.59. The lowest BCUT2D eigenvalue weighted by atomic mass is 10.1. The van der Waals surface area contributed by atoms with Gasteiger partial charge in [-0.1, -0.05) is 24.3 Å².